The Kier molecular flexibility index (Phi) is 25.3. The van der Waals surface area contributed by atoms with Gasteiger partial charge in [-0.25, -0.2) is 4.57 Å². The van der Waals surface area contributed by atoms with E-state index in [4.69, 9.17) is 37.3 Å². The maximum Gasteiger partial charge on any atom is 0.475 e. The van der Waals surface area contributed by atoms with Gasteiger partial charge in [-0.15, -0.1) is 0 Å². The summed E-state index contributed by atoms with van der Waals surface area (Å²) in [5.74, 6) is -0.442. The number of hydrogen-bond donors (Lipinski definition) is 0. The zero-order valence-corrected chi connectivity index (χ0v) is 44.9. The van der Waals surface area contributed by atoms with E-state index in [0.29, 0.717) is 6.42 Å². The Hall–Kier alpha value is -5.26. The molecule has 1 aliphatic rings. The lowest BCUT2D eigenvalue weighted by molar-refractivity contribution is -0.275. The van der Waals surface area contributed by atoms with Crippen molar-refractivity contribution >= 4 is 13.8 Å². The fourth-order valence-corrected chi connectivity index (χ4v) is 10.8. The number of unbranched alkanes of at least 4 members (excludes halogenated alkanes) is 12. The van der Waals surface area contributed by atoms with Gasteiger partial charge in [0.25, 0.3) is 0 Å². The molecule has 0 radical (unpaired) electrons. The van der Waals surface area contributed by atoms with Gasteiger partial charge in [0.2, 0.25) is 0 Å². The average Bonchev–Trinajstić information content (AvgIpc) is 3.46. The van der Waals surface area contributed by atoms with Crippen LogP contribution in [0.5, 0.6) is 0 Å². The number of phosphoric ester groups is 1. The van der Waals surface area contributed by atoms with Crippen LogP contribution < -0.4 is 0 Å². The third-order valence-corrected chi connectivity index (χ3v) is 14.9. The summed E-state index contributed by atoms with van der Waals surface area (Å²) in [5.41, 5.74) is 5.12. The second-order valence-corrected chi connectivity index (χ2v) is 21.1. The first-order valence-corrected chi connectivity index (χ1v) is 28.9. The number of carbonyl (C=O) groups is 1. The van der Waals surface area contributed by atoms with Crippen molar-refractivity contribution in [3.63, 3.8) is 0 Å². The Balaban J connectivity index is 1.23. The SMILES string of the molecule is CCCCCCCCCCCCCCCC(=O)O[C@H]1[C@@H](OCc2ccccc2)[C@H](OCc2ccccc2)[C@@H](OCc2ccccc2)[C@H](OCc2ccccc2)[C@H]1OP(=O)(OCc1ccccc1)OCc1ccccc1. The minimum atomic E-state index is -4.60. The molecule has 1 aliphatic carbocycles. The lowest BCUT2D eigenvalue weighted by Crippen LogP contribution is -2.67. The molecule has 1 saturated carbocycles. The van der Waals surface area contributed by atoms with Gasteiger partial charge >= 0.3 is 13.8 Å². The van der Waals surface area contributed by atoms with E-state index >= 15 is 4.57 Å². The van der Waals surface area contributed by atoms with Crippen LogP contribution in [0.1, 0.15) is 130 Å². The Bertz CT molecular complexity index is 2420. The molecule has 75 heavy (non-hydrogen) atoms. The largest absolute Gasteiger partial charge is 0.475 e. The van der Waals surface area contributed by atoms with Crippen molar-refractivity contribution in [1.29, 1.82) is 0 Å². The lowest BCUT2D eigenvalue weighted by atomic mass is 9.83. The van der Waals surface area contributed by atoms with Gasteiger partial charge in [0.05, 0.1) is 39.6 Å². The second-order valence-electron chi connectivity index (χ2n) is 19.5. The number of benzene rings is 6. The van der Waals surface area contributed by atoms with Crippen molar-refractivity contribution in [3.05, 3.63) is 215 Å². The number of esters is 1. The molecule has 1 fully saturated rings. The van der Waals surface area contributed by atoms with Crippen molar-refractivity contribution in [1.82, 2.24) is 0 Å². The zero-order chi connectivity index (χ0) is 52.0. The normalized spacial score (nSPS) is 18.7. The van der Waals surface area contributed by atoms with Gasteiger partial charge in [0.1, 0.15) is 30.5 Å². The van der Waals surface area contributed by atoms with Crippen LogP contribution in [0.15, 0.2) is 182 Å². The molecule has 0 amide bonds. The molecule has 0 aliphatic heterocycles. The topological polar surface area (TPSA) is 108 Å². The van der Waals surface area contributed by atoms with Gasteiger partial charge < -0.3 is 23.7 Å². The van der Waals surface area contributed by atoms with E-state index in [1.807, 2.05) is 182 Å². The number of rotatable bonds is 35. The van der Waals surface area contributed by atoms with Crippen molar-refractivity contribution in [2.75, 3.05) is 0 Å². The molecule has 0 saturated heterocycles. The molecule has 11 heteroatoms. The molecule has 0 unspecified atom stereocenters. The number of hydrogen-bond acceptors (Lipinski definition) is 10. The monoisotopic (exact) mass is 1040 g/mol. The quantitative estimate of drug-likeness (QED) is 0.0217. The van der Waals surface area contributed by atoms with Crippen molar-refractivity contribution in [3.8, 4) is 0 Å². The highest BCUT2D eigenvalue weighted by Gasteiger charge is 2.58. The lowest BCUT2D eigenvalue weighted by Gasteiger charge is -2.49. The first kappa shape index (κ1) is 57.4. The van der Waals surface area contributed by atoms with Gasteiger partial charge in [-0.05, 0) is 39.8 Å². The molecule has 0 heterocycles. The number of ether oxygens (including phenoxy) is 5. The number of carbonyl (C=O) groups excluding carboxylic acids is 1. The summed E-state index contributed by atoms with van der Waals surface area (Å²) in [7, 11) is -4.60. The molecule has 0 spiro atoms. The highest BCUT2D eigenvalue weighted by molar-refractivity contribution is 7.48. The van der Waals surface area contributed by atoms with E-state index < -0.39 is 50.4 Å². The van der Waals surface area contributed by atoms with Gasteiger partial charge in [0, 0.05) is 6.42 Å². The van der Waals surface area contributed by atoms with E-state index in [0.717, 1.165) is 52.6 Å². The highest BCUT2D eigenvalue weighted by atomic mass is 31.2. The second kappa shape index (κ2) is 33.0. The minimum Gasteiger partial charge on any atom is -0.457 e. The average molecular weight is 1040 g/mol. The third-order valence-electron chi connectivity index (χ3n) is 13.6. The fraction of sp³-hybridized carbons (Fsp3) is 0.422. The van der Waals surface area contributed by atoms with Crippen LogP contribution in [0.2, 0.25) is 0 Å². The van der Waals surface area contributed by atoms with Crippen LogP contribution in [0.4, 0.5) is 0 Å². The molecule has 10 nitrogen and oxygen atoms in total. The van der Waals surface area contributed by atoms with Crippen LogP contribution in [-0.2, 0) is 86.3 Å². The minimum absolute atomic E-state index is 0.0939. The molecule has 400 valence electrons. The van der Waals surface area contributed by atoms with E-state index in [1.54, 1.807) is 0 Å². The van der Waals surface area contributed by atoms with E-state index in [1.165, 1.54) is 57.8 Å². The van der Waals surface area contributed by atoms with Crippen LogP contribution in [0.3, 0.4) is 0 Å². The van der Waals surface area contributed by atoms with Crippen LogP contribution >= 0.6 is 7.82 Å². The maximum absolute atomic E-state index is 15.7. The summed E-state index contributed by atoms with van der Waals surface area (Å²) in [6, 6.07) is 58.2. The summed E-state index contributed by atoms with van der Waals surface area (Å²) in [6.07, 6.45) is 8.94. The molecule has 6 aromatic rings. The smallest absolute Gasteiger partial charge is 0.457 e. The summed E-state index contributed by atoms with van der Waals surface area (Å²) in [4.78, 5) is 14.6. The fourth-order valence-electron chi connectivity index (χ4n) is 9.40. The zero-order valence-electron chi connectivity index (χ0n) is 44.0. The summed E-state index contributed by atoms with van der Waals surface area (Å²) in [6.45, 7) is 2.65. The van der Waals surface area contributed by atoms with E-state index in [9.17, 15) is 4.79 Å². The molecule has 0 aromatic heterocycles. The summed E-state index contributed by atoms with van der Waals surface area (Å²) < 4.78 is 70.1. The van der Waals surface area contributed by atoms with Crippen LogP contribution in [0.25, 0.3) is 0 Å². The van der Waals surface area contributed by atoms with Crippen LogP contribution in [0, 0.1) is 0 Å². The summed E-state index contributed by atoms with van der Waals surface area (Å²) >= 11 is 0. The van der Waals surface area contributed by atoms with E-state index in [-0.39, 0.29) is 46.1 Å². The predicted octanol–water partition coefficient (Wildman–Crippen LogP) is 15.7. The first-order valence-electron chi connectivity index (χ1n) is 27.4. The Morgan fingerprint density at radius 3 is 0.933 bits per heavy atom. The number of phosphoric acid groups is 1. The van der Waals surface area contributed by atoms with Crippen molar-refractivity contribution in [2.45, 2.75) is 173 Å². The van der Waals surface area contributed by atoms with Gasteiger partial charge in [-0.3, -0.25) is 18.4 Å². The molecule has 0 N–H and O–H groups in total. The first-order chi connectivity index (χ1) is 37.0. The van der Waals surface area contributed by atoms with Crippen LogP contribution in [-0.4, -0.2) is 42.6 Å². The Morgan fingerprint density at radius 1 is 0.347 bits per heavy atom. The van der Waals surface area contributed by atoms with Gasteiger partial charge in [-0.1, -0.05) is 266 Å². The molecule has 6 atom stereocenters. The standard InChI is InChI=1S/C64H79O10P/c1-2-3-4-5-6-7-8-9-10-11-12-13-32-45-58(65)73-63-61(69-48-54-37-24-16-25-38-54)59(67-46-52-33-20-14-21-34-52)60(68-47-53-35-22-15-23-36-53)62(70-49-55-39-26-17-27-40-55)64(63)74-75(66,71-50-56-41-28-18-29-42-56)72-51-57-43-30-19-31-44-57/h14-31,33-44,59-64H,2-13,32,45-51H2,1H3/t59-,60-,61+,62+,63+,64-/m1/s1. The van der Waals surface area contributed by atoms with Crippen molar-refractivity contribution in [2.24, 2.45) is 0 Å². The molecule has 6 aromatic carbocycles. The molecular weight excluding hydrogens is 960 g/mol. The van der Waals surface area contributed by atoms with Gasteiger partial charge in [0.15, 0.2) is 6.10 Å². The molecule has 7 rings (SSSR count). The van der Waals surface area contributed by atoms with Crippen molar-refractivity contribution < 1.29 is 46.6 Å². The highest BCUT2D eigenvalue weighted by Crippen LogP contribution is 2.55. The van der Waals surface area contributed by atoms with E-state index in [2.05, 4.69) is 6.92 Å². The Morgan fingerprint density at radius 2 is 0.613 bits per heavy atom. The third kappa shape index (κ3) is 20.3. The summed E-state index contributed by atoms with van der Waals surface area (Å²) in [5, 5.41) is 0. The maximum atomic E-state index is 15.7. The predicted molar refractivity (Wildman–Crippen MR) is 295 cm³/mol. The van der Waals surface area contributed by atoms with Gasteiger partial charge in [-0.2, -0.15) is 0 Å². The Labute approximate surface area is 447 Å². The molecular formula is C64H79O10P. The molecule has 0 bridgehead atoms.